The molecule has 1 aliphatic heterocycles. The van der Waals surface area contributed by atoms with Gasteiger partial charge in [0, 0.05) is 23.4 Å². The first kappa shape index (κ1) is 12.6. The largest absolute Gasteiger partial charge is 0.344 e. The molecule has 2 aromatic heterocycles. The first-order chi connectivity index (χ1) is 8.94. The van der Waals surface area contributed by atoms with Crippen LogP contribution >= 0.6 is 0 Å². The number of aromatic nitrogens is 3. The van der Waals surface area contributed by atoms with E-state index in [0.717, 1.165) is 22.3 Å². The maximum absolute atomic E-state index is 5.99. The van der Waals surface area contributed by atoms with Crippen molar-refractivity contribution in [2.24, 2.45) is 5.41 Å². The van der Waals surface area contributed by atoms with Gasteiger partial charge in [-0.2, -0.15) is 0 Å². The summed E-state index contributed by atoms with van der Waals surface area (Å²) in [6.45, 7) is 7.54. The summed E-state index contributed by atoms with van der Waals surface area (Å²) in [6.07, 6.45) is 3.66. The molecule has 19 heavy (non-hydrogen) atoms. The molecule has 1 aliphatic rings. The molecule has 3 rings (SSSR count). The van der Waals surface area contributed by atoms with Crippen molar-refractivity contribution in [3.8, 4) is 0 Å². The molecule has 3 heterocycles. The second-order valence-corrected chi connectivity index (χ2v) is 5.97. The number of nitrogens with zero attached hydrogens (tertiary/aromatic N) is 2. The van der Waals surface area contributed by atoms with Crippen molar-refractivity contribution < 1.29 is 9.47 Å². The SMILES string of the molecule is Bc1cnc2[nH]cc(C3(C(C)(C)C)OCCO3)c2n1. The maximum atomic E-state index is 5.99. The van der Waals surface area contributed by atoms with Crippen LogP contribution in [0.25, 0.3) is 11.2 Å². The molecule has 0 aromatic carbocycles. The van der Waals surface area contributed by atoms with Gasteiger partial charge in [0.15, 0.2) is 13.5 Å². The molecule has 0 saturated carbocycles. The van der Waals surface area contributed by atoms with Crippen molar-refractivity contribution in [3.05, 3.63) is 18.0 Å². The number of rotatable bonds is 1. The number of aromatic amines is 1. The van der Waals surface area contributed by atoms with Crippen LogP contribution in [0.15, 0.2) is 12.4 Å². The van der Waals surface area contributed by atoms with Crippen LogP contribution < -0.4 is 5.59 Å². The van der Waals surface area contributed by atoms with Gasteiger partial charge >= 0.3 is 0 Å². The summed E-state index contributed by atoms with van der Waals surface area (Å²) >= 11 is 0. The molecular weight excluding hydrogens is 241 g/mol. The zero-order valence-electron chi connectivity index (χ0n) is 11.8. The second-order valence-electron chi connectivity index (χ2n) is 5.97. The predicted molar refractivity (Wildman–Crippen MR) is 75.1 cm³/mol. The van der Waals surface area contributed by atoms with E-state index in [-0.39, 0.29) is 5.41 Å². The summed E-state index contributed by atoms with van der Waals surface area (Å²) < 4.78 is 12.0. The molecule has 0 aliphatic carbocycles. The van der Waals surface area contributed by atoms with Gasteiger partial charge in [0.25, 0.3) is 0 Å². The first-order valence-corrected chi connectivity index (χ1v) is 6.53. The quantitative estimate of drug-likeness (QED) is 0.756. The minimum atomic E-state index is -0.756. The van der Waals surface area contributed by atoms with E-state index in [0.29, 0.717) is 13.2 Å². The van der Waals surface area contributed by atoms with Crippen molar-refractivity contribution in [2.75, 3.05) is 13.2 Å². The minimum absolute atomic E-state index is 0.190. The average Bonchev–Trinajstić information content (AvgIpc) is 2.92. The van der Waals surface area contributed by atoms with Crippen molar-refractivity contribution in [2.45, 2.75) is 26.6 Å². The van der Waals surface area contributed by atoms with Crippen LogP contribution in [0.4, 0.5) is 0 Å². The van der Waals surface area contributed by atoms with E-state index in [9.17, 15) is 0 Å². The standard InChI is InChI=1S/C13H18BN3O2/c1-12(2,3)13(18-4-5-19-13)8-6-15-11-10(8)17-9(14)7-16-11/h6-7H,4-5,14H2,1-3H3,(H,15,16). The molecule has 5 nitrogen and oxygen atoms in total. The lowest BCUT2D eigenvalue weighted by Crippen LogP contribution is -2.41. The smallest absolute Gasteiger partial charge is 0.203 e. The van der Waals surface area contributed by atoms with Gasteiger partial charge in [-0.3, -0.25) is 4.98 Å². The zero-order chi connectivity index (χ0) is 13.7. The topological polar surface area (TPSA) is 60.0 Å². The number of hydrogen-bond acceptors (Lipinski definition) is 4. The third-order valence-electron chi connectivity index (χ3n) is 3.54. The fourth-order valence-electron chi connectivity index (χ4n) is 2.64. The van der Waals surface area contributed by atoms with Crippen LogP contribution in [-0.4, -0.2) is 36.0 Å². The lowest BCUT2D eigenvalue weighted by Gasteiger charge is -2.39. The summed E-state index contributed by atoms with van der Waals surface area (Å²) in [5.74, 6) is -0.756. The van der Waals surface area contributed by atoms with E-state index in [1.807, 2.05) is 14.0 Å². The van der Waals surface area contributed by atoms with Crippen LogP contribution in [0, 0.1) is 5.41 Å². The number of H-pyrrole nitrogens is 1. The van der Waals surface area contributed by atoms with Gasteiger partial charge in [0.05, 0.1) is 18.8 Å². The van der Waals surface area contributed by atoms with Gasteiger partial charge in [0.1, 0.15) is 5.52 Å². The van der Waals surface area contributed by atoms with Crippen LogP contribution in [0.3, 0.4) is 0 Å². The molecule has 6 heteroatoms. The summed E-state index contributed by atoms with van der Waals surface area (Å²) in [5.41, 5.74) is 3.23. The Bertz CT molecular complexity index is 612. The summed E-state index contributed by atoms with van der Waals surface area (Å²) in [4.78, 5) is 12.1. The van der Waals surface area contributed by atoms with E-state index in [4.69, 9.17) is 9.47 Å². The Balaban J connectivity index is 2.24. The second kappa shape index (κ2) is 4.05. The lowest BCUT2D eigenvalue weighted by atomic mass is 9.81. The fraction of sp³-hybridized carbons (Fsp3) is 0.538. The van der Waals surface area contributed by atoms with Crippen molar-refractivity contribution in [3.63, 3.8) is 0 Å². The van der Waals surface area contributed by atoms with Gasteiger partial charge < -0.3 is 14.5 Å². The van der Waals surface area contributed by atoms with E-state index in [2.05, 4.69) is 35.7 Å². The summed E-state index contributed by atoms with van der Waals surface area (Å²) in [7, 11) is 1.93. The molecule has 0 bridgehead atoms. The normalized spacial score (nSPS) is 19.1. The Labute approximate surface area is 113 Å². The molecule has 0 radical (unpaired) electrons. The van der Waals surface area contributed by atoms with Gasteiger partial charge in [-0.15, -0.1) is 0 Å². The highest BCUT2D eigenvalue weighted by atomic mass is 16.7. The van der Waals surface area contributed by atoms with Crippen LogP contribution in [0.5, 0.6) is 0 Å². The monoisotopic (exact) mass is 259 g/mol. The average molecular weight is 259 g/mol. The van der Waals surface area contributed by atoms with Crippen molar-refractivity contribution in [1.82, 2.24) is 15.0 Å². The lowest BCUT2D eigenvalue weighted by molar-refractivity contribution is -0.231. The Morgan fingerprint density at radius 2 is 2.00 bits per heavy atom. The summed E-state index contributed by atoms with van der Waals surface area (Å²) in [5, 5.41) is 0. The van der Waals surface area contributed by atoms with Crippen LogP contribution in [0.1, 0.15) is 26.3 Å². The molecule has 100 valence electrons. The van der Waals surface area contributed by atoms with Crippen LogP contribution in [-0.2, 0) is 15.3 Å². The van der Waals surface area contributed by atoms with E-state index < -0.39 is 5.79 Å². The molecule has 0 amide bonds. The maximum Gasteiger partial charge on any atom is 0.203 e. The van der Waals surface area contributed by atoms with Gasteiger partial charge in [-0.05, 0) is 0 Å². The van der Waals surface area contributed by atoms with Crippen LogP contribution in [0.2, 0.25) is 0 Å². The molecule has 0 atom stereocenters. The molecule has 1 N–H and O–H groups in total. The predicted octanol–water partition coefficient (Wildman–Crippen LogP) is 0.462. The van der Waals surface area contributed by atoms with Gasteiger partial charge in [0.2, 0.25) is 5.79 Å². The Morgan fingerprint density at radius 3 is 2.63 bits per heavy atom. The molecular formula is C13H18BN3O2. The minimum Gasteiger partial charge on any atom is -0.344 e. The zero-order valence-corrected chi connectivity index (χ0v) is 11.8. The molecule has 1 saturated heterocycles. The highest BCUT2D eigenvalue weighted by molar-refractivity contribution is 6.30. The Kier molecular flexibility index (Phi) is 2.69. The third-order valence-corrected chi connectivity index (χ3v) is 3.54. The van der Waals surface area contributed by atoms with Gasteiger partial charge in [-0.1, -0.05) is 20.8 Å². The molecule has 0 spiro atoms. The Morgan fingerprint density at radius 1 is 1.32 bits per heavy atom. The molecule has 0 unspecified atom stereocenters. The summed E-state index contributed by atoms with van der Waals surface area (Å²) in [6, 6.07) is 0. The van der Waals surface area contributed by atoms with E-state index in [1.165, 1.54) is 0 Å². The third kappa shape index (κ3) is 1.78. The number of nitrogens with one attached hydrogen (secondary N) is 1. The number of ether oxygens (including phenoxy) is 2. The number of hydrogen-bond donors (Lipinski definition) is 1. The van der Waals surface area contributed by atoms with Crippen molar-refractivity contribution >= 4 is 24.6 Å². The van der Waals surface area contributed by atoms with E-state index in [1.54, 1.807) is 6.20 Å². The first-order valence-electron chi connectivity index (χ1n) is 6.53. The van der Waals surface area contributed by atoms with Crippen molar-refractivity contribution in [1.29, 1.82) is 0 Å². The van der Waals surface area contributed by atoms with E-state index >= 15 is 0 Å². The Hall–Kier alpha value is -1.40. The van der Waals surface area contributed by atoms with Gasteiger partial charge in [-0.25, -0.2) is 4.98 Å². The molecule has 1 fully saturated rings. The highest BCUT2D eigenvalue weighted by Crippen LogP contribution is 2.47. The highest BCUT2D eigenvalue weighted by Gasteiger charge is 2.50. The number of fused-ring (bicyclic) bond motifs is 1. The fourth-order valence-corrected chi connectivity index (χ4v) is 2.64. The molecule has 2 aromatic rings.